The Bertz CT molecular complexity index is 1690. The first kappa shape index (κ1) is 27.6. The monoisotopic (exact) mass is 563 g/mol. The summed E-state index contributed by atoms with van der Waals surface area (Å²) in [4.78, 5) is 18.4. The molecule has 10 nitrogen and oxygen atoms in total. The molecule has 40 heavy (non-hydrogen) atoms. The van der Waals surface area contributed by atoms with Crippen LogP contribution in [0.5, 0.6) is 11.5 Å². The van der Waals surface area contributed by atoms with E-state index >= 15 is 0 Å². The van der Waals surface area contributed by atoms with E-state index < -0.39 is 10.1 Å². The first-order chi connectivity index (χ1) is 19.2. The van der Waals surface area contributed by atoms with Gasteiger partial charge in [-0.05, 0) is 44.8 Å². The number of nitrogens with one attached hydrogen (secondary N) is 2. The van der Waals surface area contributed by atoms with Gasteiger partial charge in [0.15, 0.2) is 0 Å². The van der Waals surface area contributed by atoms with Crippen molar-refractivity contribution < 1.29 is 22.1 Å². The van der Waals surface area contributed by atoms with Gasteiger partial charge in [0, 0.05) is 36.2 Å². The van der Waals surface area contributed by atoms with E-state index in [-0.39, 0.29) is 6.61 Å². The third kappa shape index (κ3) is 7.17. The first-order valence-electron chi connectivity index (χ1n) is 13.1. The minimum absolute atomic E-state index is 0.0877. The molecule has 0 fully saturated rings. The SMILES string of the molecule is CN(C)CCCOc1ccc2[nH]c(-c3ccc(-c4nc5cc(OCCCOS(C)(=O)=O)ccc5[nH]4)cc3)nc2c1. The maximum atomic E-state index is 11.0. The van der Waals surface area contributed by atoms with Crippen LogP contribution in [0.15, 0.2) is 60.7 Å². The van der Waals surface area contributed by atoms with Crippen LogP contribution in [0.1, 0.15) is 12.8 Å². The molecule has 0 amide bonds. The average molecular weight is 564 g/mol. The fraction of sp³-hybridized carbons (Fsp3) is 0.310. The summed E-state index contributed by atoms with van der Waals surface area (Å²) in [5, 5.41) is 0. The number of nitrogens with zero attached hydrogens (tertiary/aromatic N) is 3. The fourth-order valence-electron chi connectivity index (χ4n) is 4.24. The molecule has 0 aliphatic heterocycles. The second-order valence-electron chi connectivity index (χ2n) is 9.84. The van der Waals surface area contributed by atoms with Crippen LogP contribution >= 0.6 is 0 Å². The van der Waals surface area contributed by atoms with E-state index in [4.69, 9.17) is 23.6 Å². The van der Waals surface area contributed by atoms with Crippen molar-refractivity contribution in [2.45, 2.75) is 12.8 Å². The summed E-state index contributed by atoms with van der Waals surface area (Å²) in [5.74, 6) is 3.02. The number of aromatic nitrogens is 4. The van der Waals surface area contributed by atoms with Gasteiger partial charge in [0.1, 0.15) is 23.1 Å². The van der Waals surface area contributed by atoms with Gasteiger partial charge in [0.2, 0.25) is 0 Å². The van der Waals surface area contributed by atoms with Gasteiger partial charge in [-0.3, -0.25) is 4.18 Å². The molecule has 0 unspecified atom stereocenters. The Balaban J connectivity index is 1.23. The zero-order valence-corrected chi connectivity index (χ0v) is 23.6. The summed E-state index contributed by atoms with van der Waals surface area (Å²) in [6.45, 7) is 2.08. The number of ether oxygens (including phenoxy) is 2. The lowest BCUT2D eigenvalue weighted by atomic mass is 10.1. The van der Waals surface area contributed by atoms with Crippen LogP contribution in [0.3, 0.4) is 0 Å². The summed E-state index contributed by atoms with van der Waals surface area (Å²) in [6, 6.07) is 19.6. The van der Waals surface area contributed by atoms with Gasteiger partial charge >= 0.3 is 0 Å². The van der Waals surface area contributed by atoms with Crippen LogP contribution in [0.2, 0.25) is 0 Å². The Morgan fingerprint density at radius 1 is 0.725 bits per heavy atom. The second kappa shape index (κ2) is 12.1. The molecule has 0 aliphatic rings. The molecule has 3 aromatic carbocycles. The highest BCUT2D eigenvalue weighted by atomic mass is 32.2. The molecule has 0 saturated carbocycles. The molecule has 2 aromatic heterocycles. The van der Waals surface area contributed by atoms with Crippen LogP contribution < -0.4 is 9.47 Å². The summed E-state index contributed by atoms with van der Waals surface area (Å²) < 4.78 is 38.4. The molecular weight excluding hydrogens is 530 g/mol. The van der Waals surface area contributed by atoms with E-state index in [1.54, 1.807) is 0 Å². The largest absolute Gasteiger partial charge is 0.493 e. The second-order valence-corrected chi connectivity index (χ2v) is 11.5. The molecule has 0 spiro atoms. The Morgan fingerprint density at radius 2 is 1.23 bits per heavy atom. The van der Waals surface area contributed by atoms with Gasteiger partial charge < -0.3 is 24.3 Å². The summed E-state index contributed by atoms with van der Waals surface area (Å²) in [5.41, 5.74) is 5.41. The average Bonchev–Trinajstić information content (AvgIpc) is 3.54. The smallest absolute Gasteiger partial charge is 0.264 e. The van der Waals surface area contributed by atoms with Crippen molar-refractivity contribution >= 4 is 32.2 Å². The predicted molar refractivity (Wildman–Crippen MR) is 156 cm³/mol. The van der Waals surface area contributed by atoms with E-state index in [0.29, 0.717) is 25.4 Å². The van der Waals surface area contributed by atoms with Crippen molar-refractivity contribution in [3.63, 3.8) is 0 Å². The van der Waals surface area contributed by atoms with Crippen LogP contribution in [-0.2, 0) is 14.3 Å². The normalized spacial score (nSPS) is 12.0. The van der Waals surface area contributed by atoms with Crippen LogP contribution in [0, 0.1) is 0 Å². The highest BCUT2D eigenvalue weighted by molar-refractivity contribution is 7.85. The van der Waals surface area contributed by atoms with Crippen molar-refractivity contribution in [3.8, 4) is 34.3 Å². The molecule has 11 heteroatoms. The summed E-state index contributed by atoms with van der Waals surface area (Å²) >= 11 is 0. The Labute approximate surface area is 233 Å². The number of aromatic amines is 2. The van der Waals surface area contributed by atoms with Gasteiger partial charge in [-0.2, -0.15) is 8.42 Å². The van der Waals surface area contributed by atoms with Gasteiger partial charge in [-0.1, -0.05) is 24.3 Å². The molecule has 0 bridgehead atoms. The van der Waals surface area contributed by atoms with E-state index in [9.17, 15) is 8.42 Å². The minimum atomic E-state index is -3.43. The minimum Gasteiger partial charge on any atom is -0.493 e. The van der Waals surface area contributed by atoms with E-state index in [1.165, 1.54) is 0 Å². The lowest BCUT2D eigenvalue weighted by molar-refractivity contribution is 0.252. The number of rotatable bonds is 13. The van der Waals surface area contributed by atoms with E-state index in [0.717, 1.165) is 69.8 Å². The van der Waals surface area contributed by atoms with Gasteiger partial charge in [0.25, 0.3) is 10.1 Å². The van der Waals surface area contributed by atoms with Crippen molar-refractivity contribution in [2.75, 3.05) is 46.7 Å². The number of hydrogen-bond acceptors (Lipinski definition) is 8. The van der Waals surface area contributed by atoms with Crippen molar-refractivity contribution in [3.05, 3.63) is 60.7 Å². The number of H-pyrrole nitrogens is 2. The molecular formula is C29H33N5O5S. The van der Waals surface area contributed by atoms with Crippen molar-refractivity contribution in [1.29, 1.82) is 0 Å². The number of imidazole rings is 2. The molecule has 0 saturated heterocycles. The van der Waals surface area contributed by atoms with Gasteiger partial charge in [-0.25, -0.2) is 9.97 Å². The number of hydrogen-bond donors (Lipinski definition) is 2. The molecule has 0 radical (unpaired) electrons. The lowest BCUT2D eigenvalue weighted by Gasteiger charge is -2.10. The standard InChI is InChI=1S/C29H33N5O5S/c1-34(2)14-4-15-37-22-10-12-24-26(18-22)32-28(30-24)20-6-8-21(9-7-20)29-31-25-13-11-23(19-27(25)33-29)38-16-5-17-39-40(3,35)36/h6-13,18-19H,4-5,14-17H2,1-3H3,(H,30,32)(H,31,33). The first-order valence-corrected chi connectivity index (χ1v) is 14.9. The summed E-state index contributed by atoms with van der Waals surface area (Å²) in [6.07, 6.45) is 2.46. The maximum absolute atomic E-state index is 11.0. The topological polar surface area (TPSA) is 122 Å². The fourth-order valence-corrected chi connectivity index (χ4v) is 4.66. The molecule has 5 aromatic rings. The molecule has 210 valence electrons. The zero-order chi connectivity index (χ0) is 28.1. The predicted octanol–water partition coefficient (Wildman–Crippen LogP) is 4.85. The Kier molecular flexibility index (Phi) is 8.34. The summed E-state index contributed by atoms with van der Waals surface area (Å²) in [7, 11) is 0.677. The highest BCUT2D eigenvalue weighted by Crippen LogP contribution is 2.28. The van der Waals surface area contributed by atoms with Crippen LogP contribution in [-0.4, -0.2) is 80.0 Å². The molecule has 5 rings (SSSR count). The Morgan fingerprint density at radius 3 is 1.70 bits per heavy atom. The third-order valence-electron chi connectivity index (χ3n) is 6.21. The lowest BCUT2D eigenvalue weighted by Crippen LogP contribution is -2.15. The number of fused-ring (bicyclic) bond motifs is 2. The third-order valence-corrected chi connectivity index (χ3v) is 6.81. The molecule has 2 heterocycles. The van der Waals surface area contributed by atoms with Gasteiger partial charge in [0.05, 0.1) is 48.1 Å². The molecule has 0 atom stereocenters. The molecule has 0 aliphatic carbocycles. The van der Waals surface area contributed by atoms with E-state index in [1.807, 2.05) is 60.7 Å². The zero-order valence-electron chi connectivity index (χ0n) is 22.8. The highest BCUT2D eigenvalue weighted by Gasteiger charge is 2.10. The molecule has 2 N–H and O–H groups in total. The van der Waals surface area contributed by atoms with Crippen molar-refractivity contribution in [1.82, 2.24) is 24.8 Å². The quantitative estimate of drug-likeness (QED) is 0.154. The number of benzene rings is 3. The van der Waals surface area contributed by atoms with E-state index in [2.05, 4.69) is 29.0 Å². The Hall–Kier alpha value is -3.93. The van der Waals surface area contributed by atoms with Crippen molar-refractivity contribution in [2.24, 2.45) is 0 Å². The van der Waals surface area contributed by atoms with Gasteiger partial charge in [-0.15, -0.1) is 0 Å². The van der Waals surface area contributed by atoms with Crippen LogP contribution in [0.4, 0.5) is 0 Å². The maximum Gasteiger partial charge on any atom is 0.264 e. The van der Waals surface area contributed by atoms with Crippen LogP contribution in [0.25, 0.3) is 44.8 Å².